The summed E-state index contributed by atoms with van der Waals surface area (Å²) < 4.78 is 0. The third-order valence-electron chi connectivity index (χ3n) is 8.76. The molecule has 232 valence electrons. The number of allylic oxidation sites excluding steroid dienone is 7. The second-order valence-electron chi connectivity index (χ2n) is 11.1. The van der Waals surface area contributed by atoms with Gasteiger partial charge in [-0.05, 0) is 73.3 Å². The summed E-state index contributed by atoms with van der Waals surface area (Å²) >= 11 is 0. The van der Waals surface area contributed by atoms with Crippen molar-refractivity contribution in [2.75, 3.05) is 0 Å². The van der Waals surface area contributed by atoms with Crippen LogP contribution in [0.1, 0.15) is 51.3 Å². The third kappa shape index (κ3) is 5.18. The van der Waals surface area contributed by atoms with Gasteiger partial charge in [0.2, 0.25) is 0 Å². The predicted octanol–water partition coefficient (Wildman–Crippen LogP) is 0.0535. The van der Waals surface area contributed by atoms with Gasteiger partial charge in [-0.25, -0.2) is 9.98 Å². The Bertz CT molecular complexity index is 1900. The maximum absolute atomic E-state index is 13.6. The minimum absolute atomic E-state index is 0. The van der Waals surface area contributed by atoms with Gasteiger partial charge in [-0.2, -0.15) is 0 Å². The number of rotatable bonds is 6. The number of hydrogen-bond donors (Lipinski definition) is 0. The van der Waals surface area contributed by atoms with Crippen molar-refractivity contribution in [2.24, 2.45) is 32.7 Å². The molecule has 0 saturated heterocycles. The van der Waals surface area contributed by atoms with Gasteiger partial charge < -0.3 is 29.9 Å². The van der Waals surface area contributed by atoms with E-state index >= 15 is 0 Å². The number of nitrogens with zero attached hydrogens (tertiary/aromatic N) is 4. The maximum atomic E-state index is 13.6. The van der Waals surface area contributed by atoms with Crippen LogP contribution in [0, 0.1) is 24.7 Å². The third-order valence-corrected chi connectivity index (χ3v) is 8.76. The standard InChI is InChI=1S/C33H32N4O5.2Cu/c1-6-17-10-18-11-25-19(7-2)14(3)21(35-25)12-22-15(4)20(8-9-26(38)39)30(36-22)28-29(33(41)42)32(40)27-16(5)23(37-31(27)28)13-24(17)34-18;;/h7,10-13,15,20,29H,2,6,8-9H2,1,3-5H3,(H4,34,35,36,37,38,39,40,41,42);;/q;2*+2/p-4. The Balaban J connectivity index is 0.00000221. The predicted molar refractivity (Wildman–Crippen MR) is 154 cm³/mol. The van der Waals surface area contributed by atoms with Gasteiger partial charge in [-0.1, -0.05) is 38.1 Å². The van der Waals surface area contributed by atoms with Gasteiger partial charge in [0.25, 0.3) is 0 Å². The summed E-state index contributed by atoms with van der Waals surface area (Å²) in [6.07, 6.45) is 9.92. The number of carbonyl (C=O) groups excluding carboxylic acids is 2. The molecule has 5 heterocycles. The first-order valence-electron chi connectivity index (χ1n) is 14.0. The summed E-state index contributed by atoms with van der Waals surface area (Å²) in [6.45, 7) is 11.6. The number of aliphatic carboxylic acids is 2. The fourth-order valence-corrected chi connectivity index (χ4v) is 6.46. The van der Waals surface area contributed by atoms with Crippen LogP contribution in [0.2, 0.25) is 0 Å². The Morgan fingerprint density at radius 3 is 2.41 bits per heavy atom. The molecule has 11 heteroatoms. The number of fused-ring (bicyclic) bond motifs is 5. The first-order chi connectivity index (χ1) is 20.0. The Morgan fingerprint density at radius 2 is 1.77 bits per heavy atom. The molecule has 1 aromatic heterocycles. The molecule has 0 amide bonds. The van der Waals surface area contributed by atoms with Crippen LogP contribution >= 0.6 is 0 Å². The van der Waals surface area contributed by atoms with Gasteiger partial charge >= 0.3 is 34.1 Å². The SMILES string of the molecule is C=CC1=C(C)C2=NC1=CC1=NC(=Cc3[n-]c4c(c3C)=C([O-])C(C(=O)[O-])C=4C3=NC(=C2)C(C)C3CCC(=O)[O-])C(CC)=C1.[Cu+2].[Cu+2]. The molecule has 44 heavy (non-hydrogen) atoms. The average Bonchev–Trinajstić information content (AvgIpc) is 3.69. The van der Waals surface area contributed by atoms with E-state index in [2.05, 4.69) is 6.58 Å². The van der Waals surface area contributed by atoms with Gasteiger partial charge in [0.1, 0.15) is 0 Å². The smallest absolute Gasteiger partial charge is 0.874 e. The normalized spacial score (nSPS) is 23.1. The largest absolute Gasteiger partial charge is 2.00 e. The maximum Gasteiger partial charge on any atom is 2.00 e. The topological polar surface area (TPSA) is 154 Å². The summed E-state index contributed by atoms with van der Waals surface area (Å²) in [5, 5.41) is 38.0. The zero-order valence-corrected chi connectivity index (χ0v) is 26.3. The van der Waals surface area contributed by atoms with Crippen molar-refractivity contribution in [3.05, 3.63) is 86.5 Å². The van der Waals surface area contributed by atoms with Gasteiger partial charge in [0.15, 0.2) is 0 Å². The quantitative estimate of drug-likeness (QED) is 0.386. The Labute approximate surface area is 275 Å². The number of carboxylic acids is 2. The van der Waals surface area contributed by atoms with Crippen molar-refractivity contribution in [1.29, 1.82) is 0 Å². The Morgan fingerprint density at radius 1 is 1.05 bits per heavy atom. The molecule has 0 aromatic carbocycles. The summed E-state index contributed by atoms with van der Waals surface area (Å²) in [6, 6.07) is 0. The molecule has 0 N–H and O–H groups in total. The number of carboxylic acid groups (broad SMARTS) is 2. The molecule has 1 aliphatic carbocycles. The summed E-state index contributed by atoms with van der Waals surface area (Å²) in [5.74, 6) is -5.75. The molecule has 9 nitrogen and oxygen atoms in total. The van der Waals surface area contributed by atoms with E-state index in [4.69, 9.17) is 20.0 Å². The fraction of sp³-hybridized carbons (Fsp3) is 0.303. The van der Waals surface area contributed by atoms with Crippen LogP contribution in [0.25, 0.3) is 17.4 Å². The molecule has 3 atom stereocenters. The average molecular weight is 688 g/mol. The van der Waals surface area contributed by atoms with E-state index in [1.165, 1.54) is 0 Å². The summed E-state index contributed by atoms with van der Waals surface area (Å²) in [4.78, 5) is 43.3. The zero-order chi connectivity index (χ0) is 30.0. The zero-order valence-electron chi connectivity index (χ0n) is 24.4. The van der Waals surface area contributed by atoms with Crippen molar-refractivity contribution in [3.8, 4) is 0 Å². The molecule has 0 fully saturated rings. The fourth-order valence-electron chi connectivity index (χ4n) is 6.46. The van der Waals surface area contributed by atoms with Crippen molar-refractivity contribution >= 4 is 46.5 Å². The molecule has 1 aromatic rings. The Hall–Kier alpha value is -3.75. The Kier molecular flexibility index (Phi) is 9.29. The number of carbonyl (C=O) groups is 2. The number of aliphatic imine (C=N–C) groups is 3. The van der Waals surface area contributed by atoms with Crippen LogP contribution in [-0.2, 0) is 43.7 Å². The molecule has 8 bridgehead atoms. The minimum atomic E-state index is -1.59. The van der Waals surface area contributed by atoms with Crippen LogP contribution in [0.15, 0.2) is 79.7 Å². The van der Waals surface area contributed by atoms with E-state index in [0.717, 1.165) is 22.4 Å². The van der Waals surface area contributed by atoms with Crippen molar-refractivity contribution in [1.82, 2.24) is 4.98 Å². The molecular weight excluding hydrogens is 659 g/mol. The van der Waals surface area contributed by atoms with Gasteiger partial charge in [-0.3, -0.25) is 4.99 Å². The molecular formula is C33H28Cu2N4O5. The van der Waals surface area contributed by atoms with Crippen molar-refractivity contribution in [2.45, 2.75) is 47.0 Å². The van der Waals surface area contributed by atoms with Crippen LogP contribution in [0.5, 0.6) is 0 Å². The second kappa shape index (κ2) is 12.3. The van der Waals surface area contributed by atoms with E-state index in [1.54, 1.807) is 13.0 Å². The molecule has 6 rings (SSSR count). The van der Waals surface area contributed by atoms with Crippen molar-refractivity contribution < 1.29 is 59.0 Å². The molecule has 5 aliphatic rings. The van der Waals surface area contributed by atoms with Crippen LogP contribution in [0.3, 0.4) is 0 Å². The van der Waals surface area contributed by atoms with E-state index < -0.39 is 29.5 Å². The van der Waals surface area contributed by atoms with E-state index in [1.807, 2.05) is 45.1 Å². The van der Waals surface area contributed by atoms with E-state index in [0.29, 0.717) is 46.2 Å². The van der Waals surface area contributed by atoms with E-state index in [-0.39, 0.29) is 69.0 Å². The molecule has 0 saturated carbocycles. The molecule has 4 aliphatic heterocycles. The van der Waals surface area contributed by atoms with Crippen molar-refractivity contribution in [3.63, 3.8) is 0 Å². The van der Waals surface area contributed by atoms with Gasteiger partial charge in [0.05, 0.1) is 28.8 Å². The molecule has 2 radical (unpaired) electrons. The number of aromatic nitrogens is 1. The first kappa shape index (κ1) is 33.1. The van der Waals surface area contributed by atoms with Gasteiger partial charge in [0, 0.05) is 40.7 Å². The van der Waals surface area contributed by atoms with Gasteiger partial charge in [-0.15, -0.1) is 16.8 Å². The summed E-state index contributed by atoms with van der Waals surface area (Å²) in [7, 11) is 0. The van der Waals surface area contributed by atoms with Crippen LogP contribution < -0.4 is 30.9 Å². The van der Waals surface area contributed by atoms with Crippen LogP contribution in [-0.4, -0.2) is 29.1 Å². The van der Waals surface area contributed by atoms with Crippen LogP contribution in [0.4, 0.5) is 0 Å². The molecule has 3 unspecified atom stereocenters. The minimum Gasteiger partial charge on any atom is -0.874 e. The second-order valence-corrected chi connectivity index (χ2v) is 11.1. The summed E-state index contributed by atoms with van der Waals surface area (Å²) in [5.41, 5.74) is 7.71. The number of hydrogen-bond acceptors (Lipinski definition) is 8. The molecule has 0 spiro atoms. The monoisotopic (exact) mass is 686 g/mol. The first-order valence-corrected chi connectivity index (χ1v) is 14.0. The van der Waals surface area contributed by atoms with E-state index in [9.17, 15) is 24.9 Å².